The van der Waals surface area contributed by atoms with Crippen molar-refractivity contribution >= 4 is 17.6 Å². The molecule has 1 N–H and O–H groups in total. The lowest BCUT2D eigenvalue weighted by Crippen LogP contribution is -2.51. The standard InChI is InChI=1S/C17H23N5O2/c1-20(2)17(24)22-10-8-21(9-11-22)7-6-16(23)19-15-5-3-4-14(12-15)13-18/h3-5,12H,6-11H2,1-2H3,(H,19,23). The molecule has 7 heteroatoms. The number of amides is 3. The molecule has 1 heterocycles. The Kier molecular flexibility index (Phi) is 6.15. The van der Waals surface area contributed by atoms with Crippen LogP contribution in [0.15, 0.2) is 24.3 Å². The molecule has 0 spiro atoms. The molecule has 0 aliphatic carbocycles. The Labute approximate surface area is 142 Å². The predicted molar refractivity (Wildman–Crippen MR) is 91.5 cm³/mol. The van der Waals surface area contributed by atoms with E-state index in [1.165, 1.54) is 0 Å². The van der Waals surface area contributed by atoms with Crippen molar-refractivity contribution in [2.75, 3.05) is 52.1 Å². The molecule has 1 aliphatic heterocycles. The van der Waals surface area contributed by atoms with Crippen LogP contribution in [0, 0.1) is 11.3 Å². The molecular weight excluding hydrogens is 306 g/mol. The second-order valence-corrected chi connectivity index (χ2v) is 6.00. The highest BCUT2D eigenvalue weighted by Crippen LogP contribution is 2.10. The number of rotatable bonds is 4. The normalized spacial score (nSPS) is 14.8. The van der Waals surface area contributed by atoms with Crippen molar-refractivity contribution in [1.82, 2.24) is 14.7 Å². The van der Waals surface area contributed by atoms with Crippen LogP contribution in [-0.4, -0.2) is 73.5 Å². The van der Waals surface area contributed by atoms with Crippen molar-refractivity contribution in [2.24, 2.45) is 0 Å². The summed E-state index contributed by atoms with van der Waals surface area (Å²) in [6.07, 6.45) is 0.387. The van der Waals surface area contributed by atoms with E-state index in [-0.39, 0.29) is 11.9 Å². The monoisotopic (exact) mass is 329 g/mol. The molecule has 2 rings (SSSR count). The summed E-state index contributed by atoms with van der Waals surface area (Å²) in [4.78, 5) is 29.5. The molecule has 1 fully saturated rings. The number of hydrogen-bond donors (Lipinski definition) is 1. The van der Waals surface area contributed by atoms with Gasteiger partial charge in [-0.3, -0.25) is 9.69 Å². The number of nitriles is 1. The average Bonchev–Trinajstić information content (AvgIpc) is 2.60. The highest BCUT2D eigenvalue weighted by molar-refractivity contribution is 5.91. The van der Waals surface area contributed by atoms with E-state index >= 15 is 0 Å². The van der Waals surface area contributed by atoms with Gasteiger partial charge in [0, 0.05) is 58.9 Å². The van der Waals surface area contributed by atoms with Gasteiger partial charge in [-0.2, -0.15) is 5.26 Å². The molecule has 1 aromatic rings. The number of carbonyl (C=O) groups excluding carboxylic acids is 2. The van der Waals surface area contributed by atoms with Crippen LogP contribution in [0.4, 0.5) is 10.5 Å². The lowest BCUT2D eigenvalue weighted by Gasteiger charge is -2.35. The Morgan fingerprint density at radius 3 is 2.58 bits per heavy atom. The van der Waals surface area contributed by atoms with E-state index in [4.69, 9.17) is 5.26 Å². The molecule has 3 amide bonds. The summed E-state index contributed by atoms with van der Waals surface area (Å²) in [5, 5.41) is 11.7. The molecule has 0 unspecified atom stereocenters. The molecule has 7 nitrogen and oxygen atoms in total. The first-order valence-corrected chi connectivity index (χ1v) is 7.98. The van der Waals surface area contributed by atoms with Gasteiger partial charge in [-0.15, -0.1) is 0 Å². The van der Waals surface area contributed by atoms with Crippen molar-refractivity contribution in [2.45, 2.75) is 6.42 Å². The fraction of sp³-hybridized carbons (Fsp3) is 0.471. The fourth-order valence-corrected chi connectivity index (χ4v) is 2.60. The lowest BCUT2D eigenvalue weighted by atomic mass is 10.2. The van der Waals surface area contributed by atoms with Crippen LogP contribution in [0.5, 0.6) is 0 Å². The third-order valence-electron chi connectivity index (χ3n) is 3.96. The largest absolute Gasteiger partial charge is 0.331 e. The Hall–Kier alpha value is -2.59. The molecule has 1 aliphatic rings. The maximum absolute atomic E-state index is 12.0. The second kappa shape index (κ2) is 8.31. The second-order valence-electron chi connectivity index (χ2n) is 6.00. The van der Waals surface area contributed by atoms with Gasteiger partial charge in [0.2, 0.25) is 5.91 Å². The van der Waals surface area contributed by atoms with Crippen LogP contribution < -0.4 is 5.32 Å². The highest BCUT2D eigenvalue weighted by Gasteiger charge is 2.22. The summed E-state index contributed by atoms with van der Waals surface area (Å²) in [7, 11) is 3.50. The quantitative estimate of drug-likeness (QED) is 0.900. The van der Waals surface area contributed by atoms with E-state index in [9.17, 15) is 9.59 Å². The number of urea groups is 1. The van der Waals surface area contributed by atoms with Gasteiger partial charge >= 0.3 is 6.03 Å². The number of anilines is 1. The van der Waals surface area contributed by atoms with Crippen LogP contribution in [0.2, 0.25) is 0 Å². The Balaban J connectivity index is 1.73. The summed E-state index contributed by atoms with van der Waals surface area (Å²) < 4.78 is 0. The number of hydrogen-bond acceptors (Lipinski definition) is 4. The minimum Gasteiger partial charge on any atom is -0.331 e. The molecule has 0 saturated carbocycles. The molecule has 1 saturated heterocycles. The lowest BCUT2D eigenvalue weighted by molar-refractivity contribution is -0.116. The Morgan fingerprint density at radius 2 is 1.96 bits per heavy atom. The Bertz CT molecular complexity index is 630. The summed E-state index contributed by atoms with van der Waals surface area (Å²) in [5.74, 6) is -0.0723. The van der Waals surface area contributed by atoms with Crippen LogP contribution in [0.25, 0.3) is 0 Å². The smallest absolute Gasteiger partial charge is 0.319 e. The minimum absolute atomic E-state index is 0.0322. The number of nitrogens with one attached hydrogen (secondary N) is 1. The zero-order valence-electron chi connectivity index (χ0n) is 14.2. The minimum atomic E-state index is -0.0723. The third kappa shape index (κ3) is 4.96. The maximum Gasteiger partial charge on any atom is 0.319 e. The zero-order valence-corrected chi connectivity index (χ0v) is 14.2. The molecular formula is C17H23N5O2. The molecule has 0 bridgehead atoms. The van der Waals surface area contributed by atoms with E-state index in [1.54, 1.807) is 43.3 Å². The van der Waals surface area contributed by atoms with Crippen LogP contribution in [0.1, 0.15) is 12.0 Å². The number of piperazine rings is 1. The summed E-state index contributed by atoms with van der Waals surface area (Å²) in [5.41, 5.74) is 1.16. The van der Waals surface area contributed by atoms with Gasteiger partial charge in [0.25, 0.3) is 0 Å². The fourth-order valence-electron chi connectivity index (χ4n) is 2.60. The van der Waals surface area contributed by atoms with Gasteiger partial charge < -0.3 is 15.1 Å². The predicted octanol–water partition coefficient (Wildman–Crippen LogP) is 1.19. The average molecular weight is 329 g/mol. The topological polar surface area (TPSA) is 79.7 Å². The zero-order chi connectivity index (χ0) is 17.5. The number of carbonyl (C=O) groups is 2. The number of nitrogens with zero attached hydrogens (tertiary/aromatic N) is 4. The van der Waals surface area contributed by atoms with Gasteiger partial charge in [-0.05, 0) is 18.2 Å². The first-order chi connectivity index (χ1) is 11.5. The third-order valence-corrected chi connectivity index (χ3v) is 3.96. The van der Waals surface area contributed by atoms with E-state index in [2.05, 4.69) is 16.3 Å². The molecule has 24 heavy (non-hydrogen) atoms. The van der Waals surface area contributed by atoms with Crippen LogP contribution in [-0.2, 0) is 4.79 Å². The van der Waals surface area contributed by atoms with Crippen molar-refractivity contribution in [3.63, 3.8) is 0 Å². The van der Waals surface area contributed by atoms with Crippen molar-refractivity contribution < 1.29 is 9.59 Å². The van der Waals surface area contributed by atoms with Crippen molar-refractivity contribution in [1.29, 1.82) is 5.26 Å². The van der Waals surface area contributed by atoms with Gasteiger partial charge in [-0.1, -0.05) is 6.07 Å². The molecule has 1 aromatic carbocycles. The van der Waals surface area contributed by atoms with Crippen LogP contribution in [0.3, 0.4) is 0 Å². The molecule has 128 valence electrons. The van der Waals surface area contributed by atoms with Gasteiger partial charge in [0.1, 0.15) is 0 Å². The van der Waals surface area contributed by atoms with Crippen molar-refractivity contribution in [3.05, 3.63) is 29.8 Å². The van der Waals surface area contributed by atoms with E-state index in [1.807, 2.05) is 4.90 Å². The molecule has 0 radical (unpaired) electrons. The molecule has 0 atom stereocenters. The first-order valence-electron chi connectivity index (χ1n) is 7.98. The van der Waals surface area contributed by atoms with Gasteiger partial charge in [0.05, 0.1) is 11.6 Å². The molecule has 0 aromatic heterocycles. The van der Waals surface area contributed by atoms with Crippen molar-refractivity contribution in [3.8, 4) is 6.07 Å². The maximum atomic E-state index is 12.0. The Morgan fingerprint density at radius 1 is 1.25 bits per heavy atom. The van der Waals surface area contributed by atoms with Gasteiger partial charge in [0.15, 0.2) is 0 Å². The summed E-state index contributed by atoms with van der Waals surface area (Å²) >= 11 is 0. The van der Waals surface area contributed by atoms with E-state index < -0.39 is 0 Å². The van der Waals surface area contributed by atoms with E-state index in [0.29, 0.717) is 37.3 Å². The SMILES string of the molecule is CN(C)C(=O)N1CCN(CCC(=O)Nc2cccc(C#N)c2)CC1. The summed E-state index contributed by atoms with van der Waals surface area (Å²) in [6.45, 7) is 3.58. The van der Waals surface area contributed by atoms with Gasteiger partial charge in [-0.25, -0.2) is 4.79 Å². The highest BCUT2D eigenvalue weighted by atomic mass is 16.2. The first kappa shape index (κ1) is 17.8. The van der Waals surface area contributed by atoms with E-state index in [0.717, 1.165) is 13.1 Å². The number of benzene rings is 1. The summed E-state index contributed by atoms with van der Waals surface area (Å²) in [6, 6.07) is 8.95. The van der Waals surface area contributed by atoms with Crippen LogP contribution >= 0.6 is 0 Å².